The van der Waals surface area contributed by atoms with Crippen molar-refractivity contribution >= 4 is 101 Å². The average Bonchev–Trinajstić information content (AvgIpc) is 1.45. The fourth-order valence-electron chi connectivity index (χ4n) is 11.4. The van der Waals surface area contributed by atoms with Gasteiger partial charge in [-0.3, -0.25) is 9.13 Å². The molecule has 3 aromatic heterocycles. The van der Waals surface area contributed by atoms with Crippen LogP contribution in [0.2, 0.25) is 0 Å². The maximum absolute atomic E-state index is 12.0. The molecule has 16 aromatic rings. The molecular weight excluding hydrogens is 1100 g/mol. The Hall–Kier alpha value is -11.1. The van der Waals surface area contributed by atoms with Crippen LogP contribution in [0.4, 0.5) is 0 Å². The molecule has 13 aromatic carbocycles. The molecule has 0 spiro atoms. The molecule has 3 heterocycles. The third-order valence-corrected chi connectivity index (χ3v) is 23.9. The van der Waals surface area contributed by atoms with Gasteiger partial charge in [-0.1, -0.05) is 321 Å². The Morgan fingerprint density at radius 3 is 0.875 bits per heavy atom. The van der Waals surface area contributed by atoms with E-state index in [1.807, 2.05) is 0 Å². The topological polar surface area (TPSA) is 48.5 Å². The van der Waals surface area contributed by atoms with Gasteiger partial charge in [-0.2, -0.15) is 15.0 Å². The van der Waals surface area contributed by atoms with Crippen molar-refractivity contribution < 1.29 is 50.7 Å². The average molecular weight is 1190 g/mol. The molecule has 0 bridgehead atoms. The van der Waals surface area contributed by atoms with Crippen LogP contribution in [0.3, 0.4) is 0 Å². The first kappa shape index (κ1) is 26.7. The summed E-state index contributed by atoms with van der Waals surface area (Å²) in [6.07, 6.45) is 0. The highest BCUT2D eigenvalue weighted by Crippen LogP contribution is 2.35. The van der Waals surface area contributed by atoms with E-state index in [0.717, 1.165) is 9.13 Å². The number of para-hydroxylation sites is 4. The molecule has 0 amide bonds. The SMILES string of the molecule is [2H]c1c([2H])c([2H])c(-c2c([2H])c([2H])c([2H])c([Si](c3ccccc3)(c3ccccc3)c3c([2H])c(-c4nc(-n5c6c([2H])c([2H])c([2H])c([2H])c6c6c([2H])c([2H])c([2H])c([2H])c65)nc(-n5c6c([2H])c([2H])c([2H])c([2H])c6c6c([2H])c([2H])c([2H])c([2H])c65)n4)c([2H])c([Si](c4ccccc4)(c4ccccc4)c4c([2H])c([2H])c([2H])c(-c5c([2H])c([2H])c([2H])c([2H])c5[2H])c4[2H])c3[2H])c2[2H])c([2H])c1[2H]. The van der Waals surface area contributed by atoms with Gasteiger partial charge in [-0.15, -0.1) is 0 Å². The van der Waals surface area contributed by atoms with E-state index in [1.54, 1.807) is 0 Å². The predicted molar refractivity (Wildman–Crippen MR) is 372 cm³/mol. The van der Waals surface area contributed by atoms with E-state index in [1.165, 1.54) is 121 Å². The highest BCUT2D eigenvalue weighted by atomic mass is 28.3. The highest BCUT2D eigenvalue weighted by molar-refractivity contribution is 7.22. The first-order chi connectivity index (χ1) is 59.1. The van der Waals surface area contributed by atoms with Crippen molar-refractivity contribution in [2.45, 2.75) is 0 Å². The van der Waals surface area contributed by atoms with Gasteiger partial charge in [0.2, 0.25) is 11.9 Å². The van der Waals surface area contributed by atoms with Crippen LogP contribution >= 0.6 is 0 Å². The molecule has 0 atom stereocenters. The number of hydrogen-bond donors (Lipinski definition) is 0. The van der Waals surface area contributed by atoms with Gasteiger partial charge in [0.25, 0.3) is 0 Å². The number of nitrogens with zero attached hydrogens (tertiary/aromatic N) is 5. The molecule has 0 aliphatic rings. The molecular formula is C81H57N5Si2. The number of fused-ring (bicyclic) bond motifs is 6. The van der Waals surface area contributed by atoms with Crippen LogP contribution in [0.5, 0.6) is 0 Å². The summed E-state index contributed by atoms with van der Waals surface area (Å²) in [4.78, 5) is 15.0. The third-order valence-electron chi connectivity index (χ3n) is 15.1. The number of aromatic nitrogens is 5. The van der Waals surface area contributed by atoms with Crippen LogP contribution in [-0.4, -0.2) is 40.2 Å². The van der Waals surface area contributed by atoms with Crippen molar-refractivity contribution in [3.05, 3.63) is 345 Å². The summed E-state index contributed by atoms with van der Waals surface area (Å²) >= 11 is 0. The molecule has 7 heteroatoms. The normalized spacial score (nSPS) is 17.8. The van der Waals surface area contributed by atoms with Crippen molar-refractivity contribution in [2.24, 2.45) is 0 Å². The predicted octanol–water partition coefficient (Wildman–Crippen LogP) is 13.8. The molecule has 88 heavy (non-hydrogen) atoms. The van der Waals surface area contributed by atoms with Gasteiger partial charge in [-0.25, -0.2) is 0 Å². The van der Waals surface area contributed by atoms with Crippen molar-refractivity contribution in [1.29, 1.82) is 0 Å². The van der Waals surface area contributed by atoms with Gasteiger partial charge >= 0.3 is 0 Å². The summed E-state index contributed by atoms with van der Waals surface area (Å²) in [5, 5.41) is -5.64. The van der Waals surface area contributed by atoms with E-state index in [4.69, 9.17) is 28.7 Å². The summed E-state index contributed by atoms with van der Waals surface area (Å²) in [6.45, 7) is 0. The number of benzene rings is 13. The lowest BCUT2D eigenvalue weighted by molar-refractivity contribution is 0.893. The van der Waals surface area contributed by atoms with E-state index < -0.39 is 350 Å². The van der Waals surface area contributed by atoms with Gasteiger partial charge in [-0.05, 0) is 87.9 Å². The van der Waals surface area contributed by atoms with Crippen LogP contribution in [-0.2, 0) is 0 Å². The molecule has 0 fully saturated rings. The van der Waals surface area contributed by atoms with Crippen molar-refractivity contribution in [2.75, 3.05) is 0 Å². The summed E-state index contributed by atoms with van der Waals surface area (Å²) in [5.74, 6) is -3.26. The molecule has 0 saturated carbocycles. The van der Waals surface area contributed by atoms with Gasteiger partial charge in [0.1, 0.15) is 0 Å². The Bertz CT molecular complexity index is 6780. The molecule has 414 valence electrons. The van der Waals surface area contributed by atoms with E-state index in [-0.39, 0.29) is 20.7 Å². The van der Waals surface area contributed by atoms with Gasteiger partial charge in [0.05, 0.1) is 72.8 Å². The van der Waals surface area contributed by atoms with Crippen LogP contribution in [0.25, 0.3) is 89.2 Å². The molecule has 5 nitrogen and oxygen atoms in total. The second-order valence-electron chi connectivity index (χ2n) is 19.8. The first-order valence-corrected chi connectivity index (χ1v) is 31.1. The zero-order valence-electron chi connectivity index (χ0n) is 82.3. The zero-order chi connectivity index (χ0) is 90.6. The minimum Gasteiger partial charge on any atom is -0.278 e. The maximum Gasteiger partial charge on any atom is 0.240 e. The maximum atomic E-state index is 12.0. The second kappa shape index (κ2) is 22.1. The molecule has 0 aliphatic carbocycles. The molecule has 0 unspecified atom stereocenters. The first-order valence-electron chi connectivity index (χ1n) is 45.6. The van der Waals surface area contributed by atoms with E-state index in [9.17, 15) is 37.0 Å². The lowest BCUT2D eigenvalue weighted by atomic mass is 10.1. The van der Waals surface area contributed by atoms with Crippen LogP contribution in [0.1, 0.15) is 50.7 Å². The molecule has 0 radical (unpaired) electrons. The summed E-state index contributed by atoms with van der Waals surface area (Å²) < 4.78 is 361. The summed E-state index contributed by atoms with van der Waals surface area (Å²) in [6, 6.07) is -7.39. The fraction of sp³-hybridized carbons (Fsp3) is 0. The van der Waals surface area contributed by atoms with E-state index in [2.05, 4.69) is 0 Å². The Morgan fingerprint density at radius 1 is 0.239 bits per heavy atom. The van der Waals surface area contributed by atoms with Crippen molar-refractivity contribution in [1.82, 2.24) is 24.1 Å². The van der Waals surface area contributed by atoms with E-state index in [0.29, 0.717) is 0 Å². The minimum atomic E-state index is -5.85. The quantitative estimate of drug-likeness (QED) is 0.0854. The van der Waals surface area contributed by atoms with Gasteiger partial charge < -0.3 is 0 Å². The van der Waals surface area contributed by atoms with Crippen molar-refractivity contribution in [3.8, 4) is 45.5 Å². The molecule has 0 aliphatic heterocycles. The standard InChI is InChI=1S/C81H57N5Si2/c1-7-29-58(30-8-1)60-33-27-43-67(53-60)87(63-35-11-3-12-36-63,64-37-13-4-14-38-64)69-55-62(56-70(57-69)88(65-39-15-5-16-40-65,66-41-17-6-18-42-66)68-44-28-34-61(54-68)59-31-9-2-10-32-59)79-82-80(85-75-49-23-19-45-71(75)72-46-20-24-50-76(72)85)84-81(83-79)86-77-51-25-21-47-73(77)74-48-22-26-52-78(74)86/h1-57H/i1D,2D,7D,8D,9D,10D,19D,20D,21D,22D,23D,24D,25D,26D,27D,28D,29D,30D,31D,32D,33D,34D,43D,44D,45D,46D,47D,48D,49D,50D,51D,52D,53D,54D,55D,56D,57D. The number of hydrogen-bond acceptors (Lipinski definition) is 3. The minimum absolute atomic E-state index is 0.0716. The second-order valence-corrected chi connectivity index (χ2v) is 27.1. The van der Waals surface area contributed by atoms with Gasteiger partial charge in [0.15, 0.2) is 22.0 Å². The van der Waals surface area contributed by atoms with E-state index >= 15 is 0 Å². The van der Waals surface area contributed by atoms with Crippen LogP contribution < -0.4 is 41.5 Å². The Balaban J connectivity index is 1.26. The highest BCUT2D eigenvalue weighted by Gasteiger charge is 2.46. The Kier molecular flexibility index (Phi) is 6.69. The summed E-state index contributed by atoms with van der Waals surface area (Å²) in [5.41, 5.74) is -7.36. The molecule has 16 rings (SSSR count). The largest absolute Gasteiger partial charge is 0.278 e. The Morgan fingerprint density at radius 2 is 0.534 bits per heavy atom. The lowest BCUT2D eigenvalue weighted by Gasteiger charge is -2.38. The van der Waals surface area contributed by atoms with Crippen molar-refractivity contribution in [3.63, 3.8) is 0 Å². The lowest BCUT2D eigenvalue weighted by Crippen LogP contribution is -2.78. The third kappa shape index (κ3) is 8.70. The monoisotopic (exact) mass is 1190 g/mol. The van der Waals surface area contributed by atoms with Crippen LogP contribution in [0, 0.1) is 0 Å². The summed E-state index contributed by atoms with van der Waals surface area (Å²) in [7, 11) is -11.7. The molecule has 0 saturated heterocycles. The van der Waals surface area contributed by atoms with Gasteiger partial charge in [0, 0.05) is 27.1 Å². The fourth-order valence-corrected chi connectivity index (χ4v) is 20.2. The molecule has 0 N–H and O–H groups in total. The van der Waals surface area contributed by atoms with Crippen LogP contribution in [0.15, 0.2) is 345 Å². The Labute approximate surface area is 565 Å². The zero-order valence-corrected chi connectivity index (χ0v) is 47.3. The number of rotatable bonds is 13. The smallest absolute Gasteiger partial charge is 0.240 e.